The summed E-state index contributed by atoms with van der Waals surface area (Å²) in [6.07, 6.45) is 6.10. The van der Waals surface area contributed by atoms with E-state index in [0.29, 0.717) is 12.6 Å². The normalized spacial score (nSPS) is 15.3. The lowest BCUT2D eigenvalue weighted by Crippen LogP contribution is -2.28. The van der Waals surface area contributed by atoms with Gasteiger partial charge in [-0.15, -0.1) is 0 Å². The number of nitrogens with zero attached hydrogens (tertiary/aromatic N) is 1. The molecule has 1 aromatic carbocycles. The van der Waals surface area contributed by atoms with Gasteiger partial charge in [0.15, 0.2) is 0 Å². The molecule has 1 aliphatic carbocycles. The Kier molecular flexibility index (Phi) is 4.68. The third-order valence-corrected chi connectivity index (χ3v) is 3.26. The third kappa shape index (κ3) is 4.83. The maximum atomic E-state index is 12.8. The van der Waals surface area contributed by atoms with Crippen LogP contribution in [-0.2, 0) is 11.2 Å². The molecule has 0 unspecified atom stereocenters. The van der Waals surface area contributed by atoms with E-state index in [0.717, 1.165) is 18.5 Å². The molecule has 0 aromatic heterocycles. The quantitative estimate of drug-likeness (QED) is 0.768. The molecule has 0 amide bonds. The van der Waals surface area contributed by atoms with Crippen LogP contribution in [-0.4, -0.2) is 35.1 Å². The first kappa shape index (κ1) is 13.7. The zero-order valence-electron chi connectivity index (χ0n) is 10.8. The van der Waals surface area contributed by atoms with Crippen molar-refractivity contribution >= 4 is 5.97 Å². The molecule has 1 aromatic rings. The van der Waals surface area contributed by atoms with E-state index < -0.39 is 5.97 Å². The number of benzene rings is 1. The number of hydrogen-bond donors (Lipinski definition) is 1. The largest absolute Gasteiger partial charge is 0.478 e. The van der Waals surface area contributed by atoms with Crippen LogP contribution in [0.3, 0.4) is 0 Å². The van der Waals surface area contributed by atoms with Crippen LogP contribution < -0.4 is 0 Å². The molecule has 19 heavy (non-hydrogen) atoms. The third-order valence-electron chi connectivity index (χ3n) is 3.26. The summed E-state index contributed by atoms with van der Waals surface area (Å²) in [7, 11) is 0. The van der Waals surface area contributed by atoms with Crippen molar-refractivity contribution in [1.29, 1.82) is 0 Å². The molecule has 1 aliphatic rings. The van der Waals surface area contributed by atoms with E-state index in [2.05, 4.69) is 4.90 Å². The molecule has 0 atom stereocenters. The molecular weight excluding hydrogens is 245 g/mol. The van der Waals surface area contributed by atoms with Gasteiger partial charge in [0.2, 0.25) is 0 Å². The number of rotatable bonds is 7. The van der Waals surface area contributed by atoms with Gasteiger partial charge in [-0.3, -0.25) is 4.90 Å². The molecule has 0 saturated heterocycles. The standard InChI is InChI=1S/C15H18FNO2/c16-13-5-3-12(4-6-13)9-11-17(14-7-8-14)10-1-2-15(18)19/h1-6,14H,7-11H2,(H,18,19)/b2-1+. The van der Waals surface area contributed by atoms with Crippen molar-refractivity contribution < 1.29 is 14.3 Å². The Hall–Kier alpha value is -1.68. The molecule has 0 heterocycles. The van der Waals surface area contributed by atoms with E-state index >= 15 is 0 Å². The minimum absolute atomic E-state index is 0.216. The topological polar surface area (TPSA) is 40.5 Å². The summed E-state index contributed by atoms with van der Waals surface area (Å²) >= 11 is 0. The van der Waals surface area contributed by atoms with Crippen LogP contribution in [0.1, 0.15) is 18.4 Å². The minimum Gasteiger partial charge on any atom is -0.478 e. The van der Waals surface area contributed by atoms with Gasteiger partial charge in [0.25, 0.3) is 0 Å². The average Bonchev–Trinajstić information content (AvgIpc) is 3.19. The fourth-order valence-corrected chi connectivity index (χ4v) is 2.08. The van der Waals surface area contributed by atoms with Gasteiger partial charge in [-0.1, -0.05) is 18.2 Å². The fourth-order valence-electron chi connectivity index (χ4n) is 2.08. The number of carboxylic acids is 1. The molecule has 0 spiro atoms. The van der Waals surface area contributed by atoms with Gasteiger partial charge in [0.05, 0.1) is 0 Å². The van der Waals surface area contributed by atoms with E-state index in [1.807, 2.05) is 0 Å². The second-order valence-corrected chi connectivity index (χ2v) is 4.84. The summed E-state index contributed by atoms with van der Waals surface area (Å²) in [4.78, 5) is 12.7. The summed E-state index contributed by atoms with van der Waals surface area (Å²) in [6, 6.07) is 7.13. The van der Waals surface area contributed by atoms with Gasteiger partial charge in [-0.05, 0) is 37.0 Å². The van der Waals surface area contributed by atoms with Crippen LogP contribution >= 0.6 is 0 Å². The molecule has 0 aliphatic heterocycles. The van der Waals surface area contributed by atoms with Crippen LogP contribution in [0.15, 0.2) is 36.4 Å². The van der Waals surface area contributed by atoms with Crippen molar-refractivity contribution in [3.8, 4) is 0 Å². The van der Waals surface area contributed by atoms with Gasteiger partial charge >= 0.3 is 5.97 Å². The minimum atomic E-state index is -0.908. The van der Waals surface area contributed by atoms with Crippen molar-refractivity contribution in [3.05, 3.63) is 47.8 Å². The second kappa shape index (κ2) is 6.48. The molecule has 4 heteroatoms. The van der Waals surface area contributed by atoms with Crippen LogP contribution in [0.4, 0.5) is 4.39 Å². The van der Waals surface area contributed by atoms with Gasteiger partial charge in [-0.2, -0.15) is 0 Å². The Morgan fingerprint density at radius 3 is 2.63 bits per heavy atom. The Bertz CT molecular complexity index is 452. The van der Waals surface area contributed by atoms with Crippen molar-refractivity contribution in [2.45, 2.75) is 25.3 Å². The Balaban J connectivity index is 1.83. The van der Waals surface area contributed by atoms with E-state index in [1.54, 1.807) is 18.2 Å². The first-order chi connectivity index (χ1) is 9.15. The van der Waals surface area contributed by atoms with Gasteiger partial charge in [0.1, 0.15) is 5.82 Å². The van der Waals surface area contributed by atoms with Crippen LogP contribution in [0, 0.1) is 5.82 Å². The molecule has 102 valence electrons. The monoisotopic (exact) mass is 263 g/mol. The van der Waals surface area contributed by atoms with E-state index in [-0.39, 0.29) is 5.82 Å². The maximum absolute atomic E-state index is 12.8. The molecule has 0 bridgehead atoms. The zero-order chi connectivity index (χ0) is 13.7. The summed E-state index contributed by atoms with van der Waals surface area (Å²) in [5, 5.41) is 8.57. The summed E-state index contributed by atoms with van der Waals surface area (Å²) in [5.74, 6) is -1.12. The van der Waals surface area contributed by atoms with Gasteiger partial charge in [0, 0.05) is 25.2 Å². The van der Waals surface area contributed by atoms with E-state index in [4.69, 9.17) is 5.11 Å². The van der Waals surface area contributed by atoms with Crippen LogP contribution in [0.5, 0.6) is 0 Å². The number of carbonyl (C=O) groups is 1. The lowest BCUT2D eigenvalue weighted by Gasteiger charge is -2.20. The van der Waals surface area contributed by atoms with E-state index in [9.17, 15) is 9.18 Å². The molecule has 1 saturated carbocycles. The Morgan fingerprint density at radius 1 is 1.37 bits per heavy atom. The fraction of sp³-hybridized carbons (Fsp3) is 0.400. The SMILES string of the molecule is O=C(O)/C=C/CN(CCc1ccc(F)cc1)C1CC1. The average molecular weight is 263 g/mol. The number of aliphatic carboxylic acids is 1. The second-order valence-electron chi connectivity index (χ2n) is 4.84. The van der Waals surface area contributed by atoms with Crippen LogP contribution in [0.2, 0.25) is 0 Å². The first-order valence-electron chi connectivity index (χ1n) is 6.53. The smallest absolute Gasteiger partial charge is 0.328 e. The summed E-state index contributed by atoms with van der Waals surface area (Å²) < 4.78 is 12.8. The summed E-state index contributed by atoms with van der Waals surface area (Å²) in [6.45, 7) is 1.54. The summed E-state index contributed by atoms with van der Waals surface area (Å²) in [5.41, 5.74) is 1.11. The zero-order valence-corrected chi connectivity index (χ0v) is 10.8. The molecule has 1 fully saturated rings. The Morgan fingerprint density at radius 2 is 2.05 bits per heavy atom. The molecular formula is C15H18FNO2. The van der Waals surface area contributed by atoms with Crippen molar-refractivity contribution in [3.63, 3.8) is 0 Å². The maximum Gasteiger partial charge on any atom is 0.328 e. The van der Waals surface area contributed by atoms with Gasteiger partial charge < -0.3 is 5.11 Å². The highest BCUT2D eigenvalue weighted by atomic mass is 19.1. The lowest BCUT2D eigenvalue weighted by atomic mass is 10.1. The number of carboxylic acid groups (broad SMARTS) is 1. The van der Waals surface area contributed by atoms with Gasteiger partial charge in [-0.25, -0.2) is 9.18 Å². The highest BCUT2D eigenvalue weighted by Gasteiger charge is 2.27. The van der Waals surface area contributed by atoms with E-state index in [1.165, 1.54) is 31.1 Å². The first-order valence-corrected chi connectivity index (χ1v) is 6.53. The van der Waals surface area contributed by atoms with Crippen molar-refractivity contribution in [2.24, 2.45) is 0 Å². The highest BCUT2D eigenvalue weighted by Crippen LogP contribution is 2.26. The van der Waals surface area contributed by atoms with Crippen molar-refractivity contribution in [2.75, 3.05) is 13.1 Å². The number of halogens is 1. The molecule has 0 radical (unpaired) electrons. The highest BCUT2D eigenvalue weighted by molar-refractivity contribution is 5.79. The van der Waals surface area contributed by atoms with Crippen LogP contribution in [0.25, 0.3) is 0 Å². The number of hydrogen-bond acceptors (Lipinski definition) is 2. The molecule has 3 nitrogen and oxygen atoms in total. The molecule has 2 rings (SSSR count). The van der Waals surface area contributed by atoms with Crippen molar-refractivity contribution in [1.82, 2.24) is 4.90 Å². The lowest BCUT2D eigenvalue weighted by molar-refractivity contribution is -0.131. The Labute approximate surface area is 112 Å². The molecule has 1 N–H and O–H groups in total. The predicted molar refractivity (Wildman–Crippen MR) is 71.5 cm³/mol. The predicted octanol–water partition coefficient (Wildman–Crippen LogP) is 2.47.